The molecule has 198 valence electrons. The van der Waals surface area contributed by atoms with Crippen LogP contribution in [0.1, 0.15) is 74.0 Å². The van der Waals surface area contributed by atoms with Gasteiger partial charge in [0.1, 0.15) is 0 Å². The third kappa shape index (κ3) is 6.81. The average Bonchev–Trinajstić information content (AvgIpc) is 2.85. The first-order valence-corrected chi connectivity index (χ1v) is 13.4. The summed E-state index contributed by atoms with van der Waals surface area (Å²) in [5.74, 6) is -0.898. The predicted molar refractivity (Wildman–Crippen MR) is 157 cm³/mol. The van der Waals surface area contributed by atoms with E-state index in [2.05, 4.69) is 108 Å². The standard InChI is InChI=1S/C33H44N2O2/c1-9-10-14-27(34(7)8)22-35(26-15-12-11-13-16-26)31-20-23(2)28(19-24(31)3)29-21-25(32(36)37)17-18-30(29)33(4,5)6/h11-13,15-21,27H,9-10,14,22H2,1-8H3,(H,36,37)/t27-/m1/s1. The lowest BCUT2D eigenvalue weighted by Gasteiger charge is -2.34. The van der Waals surface area contributed by atoms with Gasteiger partial charge in [-0.15, -0.1) is 0 Å². The molecule has 0 unspecified atom stereocenters. The van der Waals surface area contributed by atoms with Crippen LogP contribution in [0.25, 0.3) is 11.1 Å². The van der Waals surface area contributed by atoms with Crippen molar-refractivity contribution in [2.45, 2.75) is 72.3 Å². The topological polar surface area (TPSA) is 43.8 Å². The fourth-order valence-electron chi connectivity index (χ4n) is 5.05. The lowest BCUT2D eigenvalue weighted by Crippen LogP contribution is -2.39. The molecule has 0 fully saturated rings. The van der Waals surface area contributed by atoms with Gasteiger partial charge in [-0.1, -0.05) is 64.8 Å². The lowest BCUT2D eigenvalue weighted by molar-refractivity contribution is 0.0697. The van der Waals surface area contributed by atoms with E-state index < -0.39 is 5.97 Å². The van der Waals surface area contributed by atoms with Gasteiger partial charge in [0.15, 0.2) is 0 Å². The van der Waals surface area contributed by atoms with E-state index in [4.69, 9.17) is 0 Å². The Kier molecular flexibility index (Phi) is 9.20. The predicted octanol–water partition coefficient (Wildman–Crippen LogP) is 8.22. The van der Waals surface area contributed by atoms with E-state index in [9.17, 15) is 9.90 Å². The molecule has 0 bridgehead atoms. The van der Waals surface area contributed by atoms with Crippen LogP contribution in [0.15, 0.2) is 60.7 Å². The molecule has 0 amide bonds. The molecule has 1 N–H and O–H groups in total. The van der Waals surface area contributed by atoms with Crippen LogP contribution in [-0.4, -0.2) is 42.7 Å². The van der Waals surface area contributed by atoms with Gasteiger partial charge in [-0.2, -0.15) is 0 Å². The number of anilines is 2. The fourth-order valence-corrected chi connectivity index (χ4v) is 5.05. The zero-order valence-corrected chi connectivity index (χ0v) is 23.9. The van der Waals surface area contributed by atoms with Crippen molar-refractivity contribution in [1.82, 2.24) is 4.90 Å². The maximum atomic E-state index is 11.8. The average molecular weight is 501 g/mol. The highest BCUT2D eigenvalue weighted by Gasteiger charge is 2.24. The van der Waals surface area contributed by atoms with Crippen LogP contribution in [0.2, 0.25) is 0 Å². The SMILES string of the molecule is CCCC[C@H](CN(c1ccccc1)c1cc(C)c(-c2cc(C(=O)O)ccc2C(C)(C)C)cc1C)N(C)C. The maximum Gasteiger partial charge on any atom is 0.335 e. The van der Waals surface area contributed by atoms with Crippen molar-refractivity contribution in [3.8, 4) is 11.1 Å². The van der Waals surface area contributed by atoms with Gasteiger partial charge >= 0.3 is 5.97 Å². The summed E-state index contributed by atoms with van der Waals surface area (Å²) in [5.41, 5.74) is 8.16. The van der Waals surface area contributed by atoms with Gasteiger partial charge in [-0.3, -0.25) is 0 Å². The minimum Gasteiger partial charge on any atom is -0.478 e. The van der Waals surface area contributed by atoms with Gasteiger partial charge in [0.05, 0.1) is 5.56 Å². The van der Waals surface area contributed by atoms with E-state index >= 15 is 0 Å². The van der Waals surface area contributed by atoms with E-state index in [0.717, 1.165) is 35.2 Å². The van der Waals surface area contributed by atoms with Crippen molar-refractivity contribution < 1.29 is 9.90 Å². The molecule has 0 aromatic heterocycles. The Bertz CT molecular complexity index is 1210. The molecule has 3 aromatic rings. The Morgan fingerprint density at radius 3 is 2.16 bits per heavy atom. The molecule has 0 saturated carbocycles. The van der Waals surface area contributed by atoms with Crippen molar-refractivity contribution in [3.05, 3.63) is 82.9 Å². The minimum absolute atomic E-state index is 0.111. The second-order valence-electron chi connectivity index (χ2n) is 11.5. The van der Waals surface area contributed by atoms with Crippen LogP contribution in [0.4, 0.5) is 11.4 Å². The number of likely N-dealkylation sites (N-methyl/N-ethyl adjacent to an activating group) is 1. The first kappa shape index (κ1) is 28.5. The minimum atomic E-state index is -0.898. The van der Waals surface area contributed by atoms with Gasteiger partial charge in [0, 0.05) is 24.0 Å². The molecule has 0 aliphatic heterocycles. The number of carboxylic acids is 1. The number of para-hydroxylation sites is 1. The first-order valence-electron chi connectivity index (χ1n) is 13.4. The molecular formula is C33H44N2O2. The molecule has 4 heteroatoms. The third-order valence-electron chi connectivity index (χ3n) is 7.28. The van der Waals surface area contributed by atoms with Crippen molar-refractivity contribution in [2.75, 3.05) is 25.5 Å². The van der Waals surface area contributed by atoms with E-state index in [1.165, 1.54) is 29.8 Å². The summed E-state index contributed by atoms with van der Waals surface area (Å²) in [6.45, 7) is 14.0. The Morgan fingerprint density at radius 2 is 1.59 bits per heavy atom. The van der Waals surface area contributed by atoms with Crippen molar-refractivity contribution in [1.29, 1.82) is 0 Å². The number of carboxylic acid groups (broad SMARTS) is 1. The first-order chi connectivity index (χ1) is 17.4. The molecule has 0 saturated heterocycles. The smallest absolute Gasteiger partial charge is 0.335 e. The van der Waals surface area contributed by atoms with Crippen LogP contribution < -0.4 is 4.90 Å². The van der Waals surface area contributed by atoms with E-state index in [1.807, 2.05) is 12.1 Å². The summed E-state index contributed by atoms with van der Waals surface area (Å²) in [7, 11) is 4.35. The van der Waals surface area contributed by atoms with Crippen LogP contribution in [0.5, 0.6) is 0 Å². The monoisotopic (exact) mass is 500 g/mol. The number of hydrogen-bond acceptors (Lipinski definition) is 3. The number of benzene rings is 3. The molecular weight excluding hydrogens is 456 g/mol. The highest BCUT2D eigenvalue weighted by molar-refractivity contribution is 5.90. The Labute approximate surface area is 223 Å². The molecule has 0 radical (unpaired) electrons. The summed E-state index contributed by atoms with van der Waals surface area (Å²) in [6, 6.07) is 21.1. The van der Waals surface area contributed by atoms with Crippen LogP contribution >= 0.6 is 0 Å². The molecule has 0 spiro atoms. The van der Waals surface area contributed by atoms with Crippen molar-refractivity contribution in [2.24, 2.45) is 0 Å². The van der Waals surface area contributed by atoms with E-state index in [0.29, 0.717) is 11.6 Å². The largest absolute Gasteiger partial charge is 0.478 e. The normalized spacial score (nSPS) is 12.6. The van der Waals surface area contributed by atoms with Gasteiger partial charge in [-0.05, 0) is 104 Å². The van der Waals surface area contributed by atoms with Gasteiger partial charge in [-0.25, -0.2) is 4.79 Å². The highest BCUT2D eigenvalue weighted by atomic mass is 16.4. The number of rotatable bonds is 10. The van der Waals surface area contributed by atoms with Crippen molar-refractivity contribution >= 4 is 17.3 Å². The Balaban J connectivity index is 2.16. The Morgan fingerprint density at radius 1 is 0.919 bits per heavy atom. The van der Waals surface area contributed by atoms with Gasteiger partial charge in [0.25, 0.3) is 0 Å². The van der Waals surface area contributed by atoms with Crippen LogP contribution in [-0.2, 0) is 5.41 Å². The molecule has 4 nitrogen and oxygen atoms in total. The fraction of sp³-hybridized carbons (Fsp3) is 0.424. The number of unbranched alkanes of at least 4 members (excludes halogenated alkanes) is 1. The summed E-state index contributed by atoms with van der Waals surface area (Å²) in [6.07, 6.45) is 3.55. The third-order valence-corrected chi connectivity index (χ3v) is 7.28. The molecule has 37 heavy (non-hydrogen) atoms. The zero-order valence-electron chi connectivity index (χ0n) is 23.9. The van der Waals surface area contributed by atoms with Gasteiger partial charge < -0.3 is 14.9 Å². The molecule has 0 aliphatic carbocycles. The molecule has 3 rings (SSSR count). The number of hydrogen-bond donors (Lipinski definition) is 1. The summed E-state index contributed by atoms with van der Waals surface area (Å²) < 4.78 is 0. The molecule has 0 heterocycles. The lowest BCUT2D eigenvalue weighted by atomic mass is 9.80. The van der Waals surface area contributed by atoms with E-state index in [1.54, 1.807) is 6.07 Å². The summed E-state index contributed by atoms with van der Waals surface area (Å²) in [4.78, 5) is 16.6. The quantitative estimate of drug-likeness (QED) is 0.304. The number of carbonyl (C=O) groups is 1. The maximum absolute atomic E-state index is 11.8. The van der Waals surface area contributed by atoms with E-state index in [-0.39, 0.29) is 5.41 Å². The summed E-state index contributed by atoms with van der Waals surface area (Å²) >= 11 is 0. The highest BCUT2D eigenvalue weighted by Crippen LogP contribution is 2.39. The number of nitrogens with zero attached hydrogens (tertiary/aromatic N) is 2. The molecule has 3 aromatic carbocycles. The Hall–Kier alpha value is -3.11. The molecule has 1 atom stereocenters. The van der Waals surface area contributed by atoms with Crippen molar-refractivity contribution in [3.63, 3.8) is 0 Å². The van der Waals surface area contributed by atoms with Gasteiger partial charge in [0.2, 0.25) is 0 Å². The van der Waals surface area contributed by atoms with Crippen LogP contribution in [0.3, 0.4) is 0 Å². The second kappa shape index (κ2) is 12.0. The molecule has 0 aliphatic rings. The number of aryl methyl sites for hydroxylation is 2. The zero-order chi connectivity index (χ0) is 27.3. The summed E-state index contributed by atoms with van der Waals surface area (Å²) in [5, 5.41) is 9.70. The van der Waals surface area contributed by atoms with Crippen LogP contribution in [0, 0.1) is 13.8 Å². The number of aromatic carboxylic acids is 1. The second-order valence-corrected chi connectivity index (χ2v) is 11.5.